The van der Waals surface area contributed by atoms with Crippen molar-refractivity contribution in [1.82, 2.24) is 4.98 Å². The maximum absolute atomic E-state index is 14.3. The van der Waals surface area contributed by atoms with Crippen molar-refractivity contribution in [3.8, 4) is 11.3 Å². The molecule has 0 aliphatic heterocycles. The highest BCUT2D eigenvalue weighted by Gasteiger charge is 2.37. The van der Waals surface area contributed by atoms with Crippen LogP contribution in [0.4, 0.5) is 13.2 Å². The second-order valence-electron chi connectivity index (χ2n) is 5.38. The van der Waals surface area contributed by atoms with Crippen molar-refractivity contribution in [3.05, 3.63) is 53.0 Å². The van der Waals surface area contributed by atoms with Gasteiger partial charge in [0.15, 0.2) is 6.29 Å². The van der Waals surface area contributed by atoms with E-state index in [-0.39, 0.29) is 11.3 Å². The highest BCUT2D eigenvalue weighted by molar-refractivity contribution is 5.74. The molecule has 114 valence electrons. The maximum Gasteiger partial charge on any atom is 0.168 e. The van der Waals surface area contributed by atoms with E-state index in [0.717, 1.165) is 30.7 Å². The highest BCUT2D eigenvalue weighted by atomic mass is 19.1. The predicted octanol–water partition coefficient (Wildman–Crippen LogP) is 3.35. The van der Waals surface area contributed by atoms with Crippen molar-refractivity contribution in [2.45, 2.75) is 24.9 Å². The molecule has 22 heavy (non-hydrogen) atoms. The van der Waals surface area contributed by atoms with Gasteiger partial charge in [-0.25, -0.2) is 18.2 Å². The zero-order chi connectivity index (χ0) is 15.9. The van der Waals surface area contributed by atoms with Crippen LogP contribution >= 0.6 is 0 Å². The van der Waals surface area contributed by atoms with Gasteiger partial charge in [-0.2, -0.15) is 0 Å². The van der Waals surface area contributed by atoms with Crippen LogP contribution in [0.2, 0.25) is 0 Å². The number of aliphatic hydroxyl groups is 1. The van der Waals surface area contributed by atoms with Crippen LogP contribution in [0.5, 0.6) is 0 Å². The fourth-order valence-electron chi connectivity index (χ4n) is 2.57. The van der Waals surface area contributed by atoms with Crippen molar-refractivity contribution in [1.29, 1.82) is 0 Å². The molecule has 1 saturated carbocycles. The monoisotopic (exact) mass is 307 g/mol. The average molecular weight is 307 g/mol. The summed E-state index contributed by atoms with van der Waals surface area (Å²) in [5.74, 6) is -2.98. The molecule has 1 aromatic heterocycles. The minimum Gasteiger partial charge on any atom is -0.385 e. The molecule has 0 amide bonds. The Kier molecular flexibility index (Phi) is 3.48. The molecule has 0 radical (unpaired) electrons. The molecular formula is C16H12F3NO2. The Morgan fingerprint density at radius 3 is 2.23 bits per heavy atom. The second kappa shape index (κ2) is 5.21. The quantitative estimate of drug-likeness (QED) is 0.885. The zero-order valence-corrected chi connectivity index (χ0v) is 11.4. The van der Waals surface area contributed by atoms with Crippen molar-refractivity contribution < 1.29 is 23.1 Å². The lowest BCUT2D eigenvalue weighted by Gasteiger charge is -2.37. The summed E-state index contributed by atoms with van der Waals surface area (Å²) in [4.78, 5) is 14.3. The first-order valence-electron chi connectivity index (χ1n) is 6.78. The number of pyridine rings is 1. The summed E-state index contributed by atoms with van der Waals surface area (Å²) in [6.45, 7) is 0. The van der Waals surface area contributed by atoms with Crippen LogP contribution in [-0.2, 0) is 5.60 Å². The van der Waals surface area contributed by atoms with E-state index in [1.807, 2.05) is 0 Å². The minimum atomic E-state index is -1.23. The smallest absolute Gasteiger partial charge is 0.168 e. The molecule has 3 rings (SSSR count). The van der Waals surface area contributed by atoms with Crippen molar-refractivity contribution >= 4 is 6.29 Å². The third-order valence-corrected chi connectivity index (χ3v) is 3.99. The Morgan fingerprint density at radius 1 is 1.09 bits per heavy atom. The van der Waals surface area contributed by atoms with Gasteiger partial charge < -0.3 is 5.11 Å². The lowest BCUT2D eigenvalue weighted by atomic mass is 9.75. The first-order chi connectivity index (χ1) is 10.4. The van der Waals surface area contributed by atoms with E-state index in [1.165, 1.54) is 0 Å². The lowest BCUT2D eigenvalue weighted by Crippen LogP contribution is -2.33. The summed E-state index contributed by atoms with van der Waals surface area (Å²) < 4.78 is 42.3. The van der Waals surface area contributed by atoms with E-state index in [2.05, 4.69) is 4.98 Å². The standard InChI is InChI=1S/C16H12F3NO2/c17-11-3-2-10(8-21)20-15(11)14-12(18)6-9(7-13(14)19)16(22)4-1-5-16/h2-3,6-8,22H,1,4-5H2. The van der Waals surface area contributed by atoms with Gasteiger partial charge in [0.1, 0.15) is 28.8 Å². The van der Waals surface area contributed by atoms with E-state index in [4.69, 9.17) is 0 Å². The minimum absolute atomic E-state index is 0.128. The summed E-state index contributed by atoms with van der Waals surface area (Å²) in [6.07, 6.45) is 2.00. The Hall–Kier alpha value is -2.21. The van der Waals surface area contributed by atoms with E-state index in [9.17, 15) is 23.1 Å². The van der Waals surface area contributed by atoms with Gasteiger partial charge >= 0.3 is 0 Å². The zero-order valence-electron chi connectivity index (χ0n) is 11.4. The molecule has 6 heteroatoms. The number of carbonyl (C=O) groups is 1. The van der Waals surface area contributed by atoms with Crippen LogP contribution in [0.15, 0.2) is 24.3 Å². The molecule has 3 nitrogen and oxygen atoms in total. The van der Waals surface area contributed by atoms with Gasteiger partial charge in [-0.15, -0.1) is 0 Å². The van der Waals surface area contributed by atoms with Gasteiger partial charge in [-0.1, -0.05) is 0 Å². The molecule has 0 spiro atoms. The third kappa shape index (κ3) is 2.29. The van der Waals surface area contributed by atoms with E-state index in [0.29, 0.717) is 19.1 Å². The SMILES string of the molecule is O=Cc1ccc(F)c(-c2c(F)cc(C3(O)CCC3)cc2F)n1. The van der Waals surface area contributed by atoms with E-state index in [1.54, 1.807) is 0 Å². The number of aldehydes is 1. The molecular weight excluding hydrogens is 295 g/mol. The number of nitrogens with zero attached hydrogens (tertiary/aromatic N) is 1. The topological polar surface area (TPSA) is 50.2 Å². The first-order valence-corrected chi connectivity index (χ1v) is 6.78. The first kappa shape index (κ1) is 14.7. The number of benzene rings is 1. The van der Waals surface area contributed by atoms with Crippen molar-refractivity contribution in [2.24, 2.45) is 0 Å². The fraction of sp³-hybridized carbons (Fsp3) is 0.250. The number of carbonyl (C=O) groups excluding carboxylic acids is 1. The van der Waals surface area contributed by atoms with Crippen LogP contribution in [0.3, 0.4) is 0 Å². The molecule has 1 fully saturated rings. The summed E-state index contributed by atoms with van der Waals surface area (Å²) in [6, 6.07) is 4.03. The third-order valence-electron chi connectivity index (χ3n) is 3.99. The molecule has 0 atom stereocenters. The van der Waals surface area contributed by atoms with Gasteiger partial charge in [-0.05, 0) is 49.1 Å². The van der Waals surface area contributed by atoms with Gasteiger partial charge in [0.2, 0.25) is 0 Å². The van der Waals surface area contributed by atoms with E-state index >= 15 is 0 Å². The molecule has 2 aromatic rings. The van der Waals surface area contributed by atoms with Crippen LogP contribution in [0.25, 0.3) is 11.3 Å². The molecule has 1 aliphatic rings. The van der Waals surface area contributed by atoms with Crippen molar-refractivity contribution in [3.63, 3.8) is 0 Å². The molecule has 1 N–H and O–H groups in total. The van der Waals surface area contributed by atoms with E-state index < -0.39 is 34.3 Å². The Labute approximate surface area is 124 Å². The number of halogens is 3. The number of rotatable bonds is 3. The predicted molar refractivity (Wildman–Crippen MR) is 72.7 cm³/mol. The molecule has 1 aliphatic carbocycles. The largest absolute Gasteiger partial charge is 0.385 e. The van der Waals surface area contributed by atoms with Crippen LogP contribution in [0.1, 0.15) is 35.3 Å². The average Bonchev–Trinajstić information content (AvgIpc) is 2.45. The summed E-state index contributed by atoms with van der Waals surface area (Å²) in [5.41, 5.74) is -2.43. The second-order valence-corrected chi connectivity index (χ2v) is 5.38. The van der Waals surface area contributed by atoms with Crippen LogP contribution in [-0.4, -0.2) is 16.4 Å². The fourth-order valence-corrected chi connectivity index (χ4v) is 2.57. The lowest BCUT2D eigenvalue weighted by molar-refractivity contribution is -0.0392. The molecule has 1 aromatic carbocycles. The highest BCUT2D eigenvalue weighted by Crippen LogP contribution is 2.42. The molecule has 0 unspecified atom stereocenters. The summed E-state index contributed by atoms with van der Waals surface area (Å²) in [7, 11) is 0. The summed E-state index contributed by atoms with van der Waals surface area (Å²) in [5, 5.41) is 10.2. The van der Waals surface area contributed by atoms with Gasteiger partial charge in [0.25, 0.3) is 0 Å². The number of hydrogen-bond acceptors (Lipinski definition) is 3. The Morgan fingerprint density at radius 2 is 1.73 bits per heavy atom. The number of aromatic nitrogens is 1. The van der Waals surface area contributed by atoms with Crippen LogP contribution in [0, 0.1) is 17.5 Å². The Bertz CT molecular complexity index is 734. The van der Waals surface area contributed by atoms with Crippen molar-refractivity contribution in [2.75, 3.05) is 0 Å². The number of hydrogen-bond donors (Lipinski definition) is 1. The molecule has 0 bridgehead atoms. The van der Waals surface area contributed by atoms with Gasteiger partial charge in [0.05, 0.1) is 11.2 Å². The van der Waals surface area contributed by atoms with Crippen LogP contribution < -0.4 is 0 Å². The Balaban J connectivity index is 2.14. The van der Waals surface area contributed by atoms with Gasteiger partial charge in [0, 0.05) is 0 Å². The normalized spacial score (nSPS) is 16.2. The molecule has 0 saturated heterocycles. The molecule has 1 heterocycles. The maximum atomic E-state index is 14.3. The van der Waals surface area contributed by atoms with Gasteiger partial charge in [-0.3, -0.25) is 4.79 Å². The summed E-state index contributed by atoms with van der Waals surface area (Å²) >= 11 is 0.